The SMILES string of the molecule is CC(C)(C)OC(=O)CC1CCCN(c2nccc3nccn23)C1. The molecule has 2 aromatic rings. The zero-order valence-electron chi connectivity index (χ0n) is 14.0. The van der Waals surface area contributed by atoms with Crippen molar-refractivity contribution in [1.29, 1.82) is 0 Å². The lowest BCUT2D eigenvalue weighted by Gasteiger charge is -2.33. The number of nitrogens with zero attached hydrogens (tertiary/aromatic N) is 4. The van der Waals surface area contributed by atoms with E-state index >= 15 is 0 Å². The first-order chi connectivity index (χ1) is 10.9. The molecule has 2 aromatic heterocycles. The van der Waals surface area contributed by atoms with Crippen LogP contribution in [0.2, 0.25) is 0 Å². The highest BCUT2D eigenvalue weighted by Crippen LogP contribution is 2.25. The van der Waals surface area contributed by atoms with Crippen LogP contribution < -0.4 is 4.90 Å². The van der Waals surface area contributed by atoms with Crippen LogP contribution in [0.1, 0.15) is 40.0 Å². The van der Waals surface area contributed by atoms with Gasteiger partial charge in [-0.1, -0.05) is 0 Å². The maximum Gasteiger partial charge on any atom is 0.306 e. The molecule has 0 amide bonds. The Morgan fingerprint density at radius 2 is 2.17 bits per heavy atom. The first-order valence-electron chi connectivity index (χ1n) is 8.17. The molecule has 3 rings (SSSR count). The molecule has 1 aliphatic heterocycles. The van der Waals surface area contributed by atoms with Gasteiger partial charge in [0.2, 0.25) is 5.95 Å². The number of aromatic nitrogens is 3. The molecule has 124 valence electrons. The number of piperidine rings is 1. The number of esters is 1. The fourth-order valence-corrected chi connectivity index (χ4v) is 3.11. The molecule has 0 spiro atoms. The normalized spacial score (nSPS) is 19.1. The lowest BCUT2D eigenvalue weighted by atomic mass is 9.95. The van der Waals surface area contributed by atoms with Gasteiger partial charge in [-0.05, 0) is 45.6 Å². The van der Waals surface area contributed by atoms with Gasteiger partial charge >= 0.3 is 5.97 Å². The summed E-state index contributed by atoms with van der Waals surface area (Å²) in [4.78, 5) is 23.1. The van der Waals surface area contributed by atoms with Gasteiger partial charge in [0.1, 0.15) is 11.2 Å². The fraction of sp³-hybridized carbons (Fsp3) is 0.588. The van der Waals surface area contributed by atoms with Crippen molar-refractivity contribution in [3.63, 3.8) is 0 Å². The van der Waals surface area contributed by atoms with E-state index < -0.39 is 5.60 Å². The summed E-state index contributed by atoms with van der Waals surface area (Å²) >= 11 is 0. The van der Waals surface area contributed by atoms with Crippen molar-refractivity contribution in [3.8, 4) is 0 Å². The predicted molar refractivity (Wildman–Crippen MR) is 88.4 cm³/mol. The van der Waals surface area contributed by atoms with E-state index in [0.29, 0.717) is 12.3 Å². The zero-order valence-corrected chi connectivity index (χ0v) is 14.0. The van der Waals surface area contributed by atoms with Crippen LogP contribution in [0.3, 0.4) is 0 Å². The Morgan fingerprint density at radius 3 is 2.96 bits per heavy atom. The summed E-state index contributed by atoms with van der Waals surface area (Å²) in [6, 6.07) is 1.89. The minimum absolute atomic E-state index is 0.113. The molecule has 1 atom stereocenters. The van der Waals surface area contributed by atoms with Crippen LogP contribution in [0.25, 0.3) is 5.65 Å². The van der Waals surface area contributed by atoms with Gasteiger partial charge in [-0.2, -0.15) is 0 Å². The topological polar surface area (TPSA) is 59.7 Å². The molecule has 1 aliphatic rings. The Labute approximate surface area is 136 Å². The summed E-state index contributed by atoms with van der Waals surface area (Å²) in [7, 11) is 0. The van der Waals surface area contributed by atoms with E-state index in [0.717, 1.165) is 37.5 Å². The smallest absolute Gasteiger partial charge is 0.306 e. The molecule has 6 heteroatoms. The molecule has 3 heterocycles. The van der Waals surface area contributed by atoms with E-state index in [4.69, 9.17) is 4.74 Å². The fourth-order valence-electron chi connectivity index (χ4n) is 3.11. The lowest BCUT2D eigenvalue weighted by Crippen LogP contribution is -2.38. The van der Waals surface area contributed by atoms with E-state index in [1.54, 1.807) is 12.4 Å². The highest BCUT2D eigenvalue weighted by molar-refractivity contribution is 5.70. The van der Waals surface area contributed by atoms with Crippen molar-refractivity contribution < 1.29 is 9.53 Å². The van der Waals surface area contributed by atoms with E-state index in [-0.39, 0.29) is 5.97 Å². The van der Waals surface area contributed by atoms with Gasteiger partial charge < -0.3 is 9.64 Å². The molecule has 0 N–H and O–H groups in total. The maximum absolute atomic E-state index is 12.1. The Morgan fingerprint density at radius 1 is 1.35 bits per heavy atom. The molecule has 6 nitrogen and oxygen atoms in total. The monoisotopic (exact) mass is 316 g/mol. The second-order valence-corrected chi connectivity index (χ2v) is 7.15. The summed E-state index contributed by atoms with van der Waals surface area (Å²) in [5.41, 5.74) is 0.472. The van der Waals surface area contributed by atoms with Crippen LogP contribution in [-0.2, 0) is 9.53 Å². The Balaban J connectivity index is 1.69. The third-order valence-electron chi connectivity index (χ3n) is 3.98. The first-order valence-corrected chi connectivity index (χ1v) is 8.17. The molecule has 1 saturated heterocycles. The molecule has 0 bridgehead atoms. The number of hydrogen-bond donors (Lipinski definition) is 0. The van der Waals surface area contributed by atoms with Crippen molar-refractivity contribution in [3.05, 3.63) is 24.7 Å². The first kappa shape index (κ1) is 15.8. The van der Waals surface area contributed by atoms with Crippen LogP contribution in [0, 0.1) is 5.92 Å². The van der Waals surface area contributed by atoms with Gasteiger partial charge in [0.25, 0.3) is 0 Å². The number of carbonyl (C=O) groups excluding carboxylic acids is 1. The molecule has 23 heavy (non-hydrogen) atoms. The Bertz CT molecular complexity index is 689. The van der Waals surface area contributed by atoms with Crippen LogP contribution in [0.5, 0.6) is 0 Å². The Kier molecular flexibility index (Phi) is 4.24. The number of imidazole rings is 1. The van der Waals surface area contributed by atoms with Crippen molar-refractivity contribution in [1.82, 2.24) is 14.4 Å². The molecular formula is C17H24N4O2. The number of carbonyl (C=O) groups is 1. The lowest BCUT2D eigenvalue weighted by molar-refractivity contribution is -0.156. The van der Waals surface area contributed by atoms with Gasteiger partial charge in [-0.15, -0.1) is 0 Å². The molecule has 0 aliphatic carbocycles. The molecule has 0 aromatic carbocycles. The molecule has 0 radical (unpaired) electrons. The Hall–Kier alpha value is -2.11. The number of ether oxygens (including phenoxy) is 1. The summed E-state index contributed by atoms with van der Waals surface area (Å²) in [5, 5.41) is 0. The van der Waals surface area contributed by atoms with Crippen molar-refractivity contribution in [2.45, 2.75) is 45.6 Å². The van der Waals surface area contributed by atoms with E-state index in [2.05, 4.69) is 14.9 Å². The minimum atomic E-state index is -0.421. The van der Waals surface area contributed by atoms with Crippen LogP contribution >= 0.6 is 0 Å². The second-order valence-electron chi connectivity index (χ2n) is 7.15. The highest BCUT2D eigenvalue weighted by atomic mass is 16.6. The summed E-state index contributed by atoms with van der Waals surface area (Å²) in [5.74, 6) is 1.09. The van der Waals surface area contributed by atoms with E-state index in [9.17, 15) is 4.79 Å². The third kappa shape index (κ3) is 3.81. The van der Waals surface area contributed by atoms with Gasteiger partial charge in [0.05, 0.1) is 6.42 Å². The van der Waals surface area contributed by atoms with Gasteiger partial charge in [0.15, 0.2) is 0 Å². The molecule has 0 saturated carbocycles. The summed E-state index contributed by atoms with van der Waals surface area (Å²) in [6.45, 7) is 7.49. The van der Waals surface area contributed by atoms with Crippen LogP contribution in [0.4, 0.5) is 5.95 Å². The highest BCUT2D eigenvalue weighted by Gasteiger charge is 2.26. The minimum Gasteiger partial charge on any atom is -0.460 e. The summed E-state index contributed by atoms with van der Waals surface area (Å²) in [6.07, 6.45) is 8.07. The number of rotatable bonds is 3. The molecular weight excluding hydrogens is 292 g/mol. The molecule has 1 unspecified atom stereocenters. The van der Waals surface area contributed by atoms with Gasteiger partial charge in [-0.25, -0.2) is 9.97 Å². The quantitative estimate of drug-likeness (QED) is 0.815. The second kappa shape index (κ2) is 6.18. The standard InChI is InChI=1S/C17H24N4O2/c1-17(2,3)23-15(22)11-13-5-4-9-20(12-13)16-19-7-6-14-18-8-10-21(14)16/h6-8,10,13H,4-5,9,11-12H2,1-3H3. The number of hydrogen-bond acceptors (Lipinski definition) is 5. The summed E-state index contributed by atoms with van der Waals surface area (Å²) < 4.78 is 7.45. The largest absolute Gasteiger partial charge is 0.460 e. The number of fused-ring (bicyclic) bond motifs is 1. The van der Waals surface area contributed by atoms with E-state index in [1.165, 1.54) is 0 Å². The van der Waals surface area contributed by atoms with E-state index in [1.807, 2.05) is 37.4 Å². The number of anilines is 1. The van der Waals surface area contributed by atoms with Crippen molar-refractivity contribution in [2.24, 2.45) is 5.92 Å². The maximum atomic E-state index is 12.1. The van der Waals surface area contributed by atoms with Crippen LogP contribution in [-0.4, -0.2) is 39.0 Å². The van der Waals surface area contributed by atoms with Gasteiger partial charge in [-0.3, -0.25) is 9.20 Å². The van der Waals surface area contributed by atoms with Gasteiger partial charge in [0, 0.05) is 31.7 Å². The van der Waals surface area contributed by atoms with Crippen LogP contribution in [0.15, 0.2) is 24.7 Å². The molecule has 1 fully saturated rings. The average Bonchev–Trinajstić information content (AvgIpc) is 2.93. The predicted octanol–water partition coefficient (Wildman–Crippen LogP) is 2.68. The zero-order chi connectivity index (χ0) is 16.4. The van der Waals surface area contributed by atoms with Crippen molar-refractivity contribution in [2.75, 3.05) is 18.0 Å². The third-order valence-corrected chi connectivity index (χ3v) is 3.98. The van der Waals surface area contributed by atoms with Crippen molar-refractivity contribution >= 4 is 17.6 Å². The average molecular weight is 316 g/mol.